The molecule has 2 amide bonds. The Hall–Kier alpha value is -2.37. The summed E-state index contributed by atoms with van der Waals surface area (Å²) in [6.07, 6.45) is 3.75. The highest BCUT2D eigenvalue weighted by Crippen LogP contribution is 2.12. The van der Waals surface area contributed by atoms with Gasteiger partial charge in [0.2, 0.25) is 0 Å². The fourth-order valence-electron chi connectivity index (χ4n) is 2.82. The first kappa shape index (κ1) is 19.0. The van der Waals surface area contributed by atoms with Crippen LogP contribution >= 0.6 is 0 Å². The van der Waals surface area contributed by atoms with Crippen LogP contribution in [0.15, 0.2) is 24.3 Å². The predicted molar refractivity (Wildman–Crippen MR) is 94.5 cm³/mol. The molecule has 6 heteroatoms. The van der Waals surface area contributed by atoms with Crippen LogP contribution in [0.1, 0.15) is 54.9 Å². The molecular formula is C19H26N2O4. The normalized spacial score (nSPS) is 19.2. The van der Waals surface area contributed by atoms with Gasteiger partial charge >= 0.3 is 12.0 Å². The number of rotatable bonds is 9. The van der Waals surface area contributed by atoms with E-state index in [9.17, 15) is 14.4 Å². The average molecular weight is 346 g/mol. The second-order valence-corrected chi connectivity index (χ2v) is 6.56. The van der Waals surface area contributed by atoms with Crippen LogP contribution in [0.5, 0.6) is 0 Å². The van der Waals surface area contributed by atoms with Crippen molar-refractivity contribution in [3.05, 3.63) is 35.4 Å². The van der Waals surface area contributed by atoms with E-state index in [1.165, 1.54) is 0 Å². The lowest BCUT2D eigenvalue weighted by Crippen LogP contribution is -2.30. The van der Waals surface area contributed by atoms with E-state index in [4.69, 9.17) is 4.74 Å². The highest BCUT2D eigenvalue weighted by atomic mass is 16.5. The summed E-state index contributed by atoms with van der Waals surface area (Å²) in [5.74, 6) is -0.531. The molecule has 0 bridgehead atoms. The molecule has 1 aliphatic heterocycles. The zero-order chi connectivity index (χ0) is 18.2. The molecule has 6 nitrogen and oxygen atoms in total. The SMILES string of the molecule is Cc1ccc(C(=O)COC(=O)CCCCC[C@@H]2NC(=O)N[C@@H]2C)cc1. The Morgan fingerprint density at radius 2 is 1.80 bits per heavy atom. The summed E-state index contributed by atoms with van der Waals surface area (Å²) in [5, 5.41) is 5.69. The summed E-state index contributed by atoms with van der Waals surface area (Å²) in [4.78, 5) is 34.8. The molecule has 2 N–H and O–H groups in total. The van der Waals surface area contributed by atoms with E-state index < -0.39 is 0 Å². The van der Waals surface area contributed by atoms with Crippen molar-refractivity contribution in [2.24, 2.45) is 0 Å². The highest BCUT2D eigenvalue weighted by molar-refractivity contribution is 5.97. The standard InChI is InChI=1S/C19H26N2O4/c1-13-8-10-15(11-9-13)17(22)12-25-18(23)7-5-3-4-6-16-14(2)20-19(24)21-16/h8-11,14,16H,3-7,12H2,1-2H3,(H2,20,21,24)/t14-,16+/m1/s1. The Balaban J connectivity index is 1.56. The second kappa shape index (κ2) is 9.20. The first-order chi connectivity index (χ1) is 12.0. The van der Waals surface area contributed by atoms with Crippen molar-refractivity contribution in [3.8, 4) is 0 Å². The van der Waals surface area contributed by atoms with Crippen LogP contribution in [-0.4, -0.2) is 36.5 Å². The molecule has 1 heterocycles. The number of carbonyl (C=O) groups excluding carboxylic acids is 3. The third-order valence-corrected chi connectivity index (χ3v) is 4.41. The maximum Gasteiger partial charge on any atom is 0.315 e. The molecule has 1 saturated heterocycles. The number of Topliss-reactive ketones (excluding diaryl/α,β-unsaturated/α-hetero) is 1. The van der Waals surface area contributed by atoms with Gasteiger partial charge in [-0.25, -0.2) is 4.79 Å². The lowest BCUT2D eigenvalue weighted by molar-refractivity contribution is -0.142. The van der Waals surface area contributed by atoms with Crippen molar-refractivity contribution in [1.82, 2.24) is 10.6 Å². The molecule has 1 fully saturated rings. The van der Waals surface area contributed by atoms with E-state index in [-0.39, 0.29) is 36.5 Å². The number of hydrogen-bond acceptors (Lipinski definition) is 4. The van der Waals surface area contributed by atoms with Crippen molar-refractivity contribution >= 4 is 17.8 Å². The van der Waals surface area contributed by atoms with Crippen LogP contribution < -0.4 is 10.6 Å². The number of aryl methyl sites for hydroxylation is 1. The summed E-state index contributed by atoms with van der Waals surface area (Å²) in [7, 11) is 0. The van der Waals surface area contributed by atoms with Crippen molar-refractivity contribution in [1.29, 1.82) is 0 Å². The molecule has 2 atom stereocenters. The van der Waals surface area contributed by atoms with Gasteiger partial charge in [0.15, 0.2) is 12.4 Å². The highest BCUT2D eigenvalue weighted by Gasteiger charge is 2.26. The van der Waals surface area contributed by atoms with Crippen molar-refractivity contribution < 1.29 is 19.1 Å². The van der Waals surface area contributed by atoms with Gasteiger partial charge in [-0.1, -0.05) is 42.7 Å². The summed E-state index contributed by atoms with van der Waals surface area (Å²) >= 11 is 0. The summed E-state index contributed by atoms with van der Waals surface area (Å²) in [6, 6.07) is 7.39. The number of carbonyl (C=O) groups is 3. The van der Waals surface area contributed by atoms with Gasteiger partial charge in [-0.3, -0.25) is 9.59 Å². The number of ketones is 1. The van der Waals surface area contributed by atoms with Crippen LogP contribution in [0.25, 0.3) is 0 Å². The molecule has 0 aliphatic carbocycles. The fraction of sp³-hybridized carbons (Fsp3) is 0.526. The molecule has 0 saturated carbocycles. The number of urea groups is 1. The molecule has 1 aliphatic rings. The number of ether oxygens (including phenoxy) is 1. The van der Waals surface area contributed by atoms with Crippen LogP contribution in [0.4, 0.5) is 4.79 Å². The smallest absolute Gasteiger partial charge is 0.315 e. The van der Waals surface area contributed by atoms with Crippen LogP contribution in [0.2, 0.25) is 0 Å². The van der Waals surface area contributed by atoms with Crippen molar-refractivity contribution in [3.63, 3.8) is 0 Å². The monoisotopic (exact) mass is 346 g/mol. The quantitative estimate of drug-likeness (QED) is 0.409. The van der Waals surface area contributed by atoms with E-state index in [2.05, 4.69) is 10.6 Å². The first-order valence-corrected chi connectivity index (χ1v) is 8.78. The Kier molecular flexibility index (Phi) is 6.98. The van der Waals surface area contributed by atoms with E-state index in [1.54, 1.807) is 12.1 Å². The minimum Gasteiger partial charge on any atom is -0.457 e. The minimum absolute atomic E-state index is 0.112. The lowest BCUT2D eigenvalue weighted by atomic mass is 10.0. The minimum atomic E-state index is -0.343. The average Bonchev–Trinajstić information content (AvgIpc) is 2.90. The number of nitrogens with one attached hydrogen (secondary N) is 2. The van der Waals surface area contributed by atoms with E-state index >= 15 is 0 Å². The maximum absolute atomic E-state index is 11.9. The number of esters is 1. The van der Waals surface area contributed by atoms with Gasteiger partial charge in [-0.05, 0) is 26.7 Å². The lowest BCUT2D eigenvalue weighted by Gasteiger charge is -2.13. The topological polar surface area (TPSA) is 84.5 Å². The Labute approximate surface area is 148 Å². The van der Waals surface area contributed by atoms with E-state index in [0.717, 1.165) is 31.2 Å². The van der Waals surface area contributed by atoms with E-state index in [1.807, 2.05) is 26.0 Å². The van der Waals surface area contributed by atoms with Crippen molar-refractivity contribution in [2.45, 2.75) is 58.0 Å². The van der Waals surface area contributed by atoms with Gasteiger partial charge in [-0.15, -0.1) is 0 Å². The van der Waals surface area contributed by atoms with Crippen LogP contribution in [-0.2, 0) is 9.53 Å². The van der Waals surface area contributed by atoms with Crippen LogP contribution in [0.3, 0.4) is 0 Å². The van der Waals surface area contributed by atoms with Gasteiger partial charge in [0.1, 0.15) is 0 Å². The number of amides is 2. The van der Waals surface area contributed by atoms with Crippen molar-refractivity contribution in [2.75, 3.05) is 6.61 Å². The summed E-state index contributed by atoms with van der Waals surface area (Å²) in [6.45, 7) is 3.72. The van der Waals surface area contributed by atoms with Gasteiger partial charge in [-0.2, -0.15) is 0 Å². The third kappa shape index (κ3) is 6.21. The largest absolute Gasteiger partial charge is 0.457 e. The van der Waals surface area contributed by atoms with E-state index in [0.29, 0.717) is 12.0 Å². The third-order valence-electron chi connectivity index (χ3n) is 4.41. The Morgan fingerprint density at radius 3 is 2.44 bits per heavy atom. The molecule has 0 radical (unpaired) electrons. The van der Waals surface area contributed by atoms with Crippen LogP contribution in [0, 0.1) is 6.92 Å². The molecule has 0 unspecified atom stereocenters. The van der Waals surface area contributed by atoms with Gasteiger partial charge in [0, 0.05) is 18.0 Å². The molecule has 1 aromatic rings. The van der Waals surface area contributed by atoms with Gasteiger partial charge < -0.3 is 15.4 Å². The van der Waals surface area contributed by atoms with Gasteiger partial charge in [0.25, 0.3) is 0 Å². The molecule has 2 rings (SSSR count). The zero-order valence-corrected chi connectivity index (χ0v) is 14.8. The predicted octanol–water partition coefficient (Wildman–Crippen LogP) is 2.74. The maximum atomic E-state index is 11.9. The summed E-state index contributed by atoms with van der Waals surface area (Å²) in [5.41, 5.74) is 1.63. The molecule has 0 aromatic heterocycles. The molecular weight excluding hydrogens is 320 g/mol. The zero-order valence-electron chi connectivity index (χ0n) is 14.8. The second-order valence-electron chi connectivity index (χ2n) is 6.56. The fourth-order valence-corrected chi connectivity index (χ4v) is 2.82. The Bertz CT molecular complexity index is 612. The molecule has 0 spiro atoms. The molecule has 25 heavy (non-hydrogen) atoms. The number of hydrogen-bond donors (Lipinski definition) is 2. The first-order valence-electron chi connectivity index (χ1n) is 8.78. The van der Waals surface area contributed by atoms with Gasteiger partial charge in [0.05, 0.1) is 6.04 Å². The Morgan fingerprint density at radius 1 is 1.08 bits per heavy atom. The number of benzene rings is 1. The molecule has 1 aromatic carbocycles. The summed E-state index contributed by atoms with van der Waals surface area (Å²) < 4.78 is 5.04. The molecule has 136 valence electrons. The number of unbranched alkanes of at least 4 members (excludes halogenated alkanes) is 2.